The van der Waals surface area contributed by atoms with Crippen LogP contribution in [0.4, 0.5) is 5.69 Å². The molecule has 1 saturated heterocycles. The van der Waals surface area contributed by atoms with Crippen molar-refractivity contribution in [2.45, 2.75) is 38.7 Å². The van der Waals surface area contributed by atoms with Crippen molar-refractivity contribution in [2.75, 3.05) is 24.6 Å². The molecule has 22 heavy (non-hydrogen) atoms. The van der Waals surface area contributed by atoms with Crippen LogP contribution in [0.3, 0.4) is 0 Å². The fourth-order valence-electron chi connectivity index (χ4n) is 3.11. The first-order valence-corrected chi connectivity index (χ1v) is 8.02. The van der Waals surface area contributed by atoms with Gasteiger partial charge in [0, 0.05) is 37.4 Å². The minimum atomic E-state index is -0.0708. The molecule has 2 amide bonds. The van der Waals surface area contributed by atoms with E-state index in [1.807, 2.05) is 24.0 Å². The molecule has 5 heteroatoms. The van der Waals surface area contributed by atoms with Crippen LogP contribution in [-0.4, -0.2) is 37.6 Å². The molecule has 0 aromatic heterocycles. The van der Waals surface area contributed by atoms with Gasteiger partial charge in [0.05, 0.1) is 6.10 Å². The molecule has 0 bridgehead atoms. The zero-order valence-electron chi connectivity index (χ0n) is 12.9. The first kappa shape index (κ1) is 15.0. The van der Waals surface area contributed by atoms with Crippen molar-refractivity contribution in [3.05, 3.63) is 29.3 Å². The van der Waals surface area contributed by atoms with Crippen LogP contribution in [0.2, 0.25) is 0 Å². The zero-order valence-corrected chi connectivity index (χ0v) is 12.9. The van der Waals surface area contributed by atoms with E-state index in [1.54, 1.807) is 6.07 Å². The second-order valence-electron chi connectivity index (χ2n) is 5.84. The van der Waals surface area contributed by atoms with Crippen molar-refractivity contribution in [1.29, 1.82) is 0 Å². The Balaban J connectivity index is 1.66. The zero-order chi connectivity index (χ0) is 15.5. The van der Waals surface area contributed by atoms with Crippen molar-refractivity contribution in [1.82, 2.24) is 5.32 Å². The summed E-state index contributed by atoms with van der Waals surface area (Å²) in [6, 6.07) is 5.59. The van der Waals surface area contributed by atoms with Gasteiger partial charge in [0.25, 0.3) is 5.91 Å². The fourth-order valence-corrected chi connectivity index (χ4v) is 3.11. The van der Waals surface area contributed by atoms with Crippen LogP contribution in [-0.2, 0) is 16.0 Å². The van der Waals surface area contributed by atoms with E-state index in [0.717, 1.165) is 37.1 Å². The Bertz CT molecular complexity index is 579. The number of fused-ring (bicyclic) bond motifs is 1. The minimum absolute atomic E-state index is 0.0708. The number of carbonyl (C=O) groups is 2. The molecule has 2 aliphatic heterocycles. The van der Waals surface area contributed by atoms with E-state index in [0.29, 0.717) is 25.1 Å². The third kappa shape index (κ3) is 2.99. The van der Waals surface area contributed by atoms with Crippen molar-refractivity contribution in [3.63, 3.8) is 0 Å². The van der Waals surface area contributed by atoms with Gasteiger partial charge in [-0.3, -0.25) is 9.59 Å². The van der Waals surface area contributed by atoms with Gasteiger partial charge in [-0.05, 0) is 43.0 Å². The maximum Gasteiger partial charge on any atom is 0.251 e. The highest BCUT2D eigenvalue weighted by Gasteiger charge is 2.24. The highest BCUT2D eigenvalue weighted by atomic mass is 16.5. The van der Waals surface area contributed by atoms with Gasteiger partial charge in [-0.1, -0.05) is 6.92 Å². The predicted molar refractivity (Wildman–Crippen MR) is 84.1 cm³/mol. The number of nitrogens with one attached hydrogen (secondary N) is 1. The van der Waals surface area contributed by atoms with Gasteiger partial charge < -0.3 is 15.0 Å². The van der Waals surface area contributed by atoms with Gasteiger partial charge >= 0.3 is 0 Å². The Hall–Kier alpha value is -1.88. The Kier molecular flexibility index (Phi) is 4.43. The molecule has 0 saturated carbocycles. The number of amides is 2. The molecule has 1 atom stereocenters. The molecule has 1 fully saturated rings. The van der Waals surface area contributed by atoms with Crippen LogP contribution < -0.4 is 10.2 Å². The van der Waals surface area contributed by atoms with Crippen molar-refractivity contribution in [3.8, 4) is 0 Å². The first-order valence-electron chi connectivity index (χ1n) is 8.02. The third-order valence-corrected chi connectivity index (χ3v) is 4.36. The van der Waals surface area contributed by atoms with E-state index < -0.39 is 0 Å². The topological polar surface area (TPSA) is 58.6 Å². The Morgan fingerprint density at radius 2 is 2.27 bits per heavy atom. The third-order valence-electron chi connectivity index (χ3n) is 4.36. The average molecular weight is 302 g/mol. The second kappa shape index (κ2) is 6.48. The molecule has 3 rings (SSSR count). The molecular formula is C17H22N2O3. The lowest BCUT2D eigenvalue weighted by Crippen LogP contribution is -2.31. The largest absolute Gasteiger partial charge is 0.376 e. The number of benzene rings is 1. The lowest BCUT2D eigenvalue weighted by molar-refractivity contribution is -0.118. The van der Waals surface area contributed by atoms with Crippen LogP contribution in [0.5, 0.6) is 0 Å². The SMILES string of the molecule is CCC(=O)N1CCc2cc(C(=O)NC[C@@H]3CCCO3)ccc21. The van der Waals surface area contributed by atoms with Crippen LogP contribution in [0, 0.1) is 0 Å². The highest BCUT2D eigenvalue weighted by Crippen LogP contribution is 2.29. The monoisotopic (exact) mass is 302 g/mol. The molecule has 1 aromatic rings. The number of ether oxygens (including phenoxy) is 1. The molecule has 1 N–H and O–H groups in total. The maximum atomic E-state index is 12.2. The van der Waals surface area contributed by atoms with E-state index in [-0.39, 0.29) is 17.9 Å². The summed E-state index contributed by atoms with van der Waals surface area (Å²) in [5, 5.41) is 2.93. The molecule has 2 aliphatic rings. The number of hydrogen-bond acceptors (Lipinski definition) is 3. The van der Waals surface area contributed by atoms with E-state index in [1.165, 1.54) is 0 Å². The summed E-state index contributed by atoms with van der Waals surface area (Å²) in [6.45, 7) is 3.94. The smallest absolute Gasteiger partial charge is 0.251 e. The number of nitrogens with zero attached hydrogens (tertiary/aromatic N) is 1. The normalized spacial score (nSPS) is 20.0. The molecule has 2 heterocycles. The standard InChI is InChI=1S/C17H22N2O3/c1-2-16(20)19-8-7-12-10-13(5-6-15(12)19)17(21)18-11-14-4-3-9-22-14/h5-6,10,14H,2-4,7-9,11H2,1H3,(H,18,21)/t14-/m0/s1. The molecular weight excluding hydrogens is 280 g/mol. The summed E-state index contributed by atoms with van der Waals surface area (Å²) in [4.78, 5) is 25.9. The molecule has 118 valence electrons. The summed E-state index contributed by atoms with van der Waals surface area (Å²) in [6.07, 6.45) is 3.55. The predicted octanol–water partition coefficient (Wildman–Crippen LogP) is 1.89. The molecule has 0 radical (unpaired) electrons. The van der Waals surface area contributed by atoms with Gasteiger partial charge in [-0.15, -0.1) is 0 Å². The van der Waals surface area contributed by atoms with Crippen molar-refractivity contribution < 1.29 is 14.3 Å². The summed E-state index contributed by atoms with van der Waals surface area (Å²) in [5.41, 5.74) is 2.68. The number of hydrogen-bond donors (Lipinski definition) is 1. The van der Waals surface area contributed by atoms with Gasteiger partial charge in [-0.2, -0.15) is 0 Å². The van der Waals surface area contributed by atoms with Gasteiger partial charge in [-0.25, -0.2) is 0 Å². The van der Waals surface area contributed by atoms with Crippen LogP contribution in [0.15, 0.2) is 18.2 Å². The average Bonchev–Trinajstić information content (AvgIpc) is 3.20. The summed E-state index contributed by atoms with van der Waals surface area (Å²) in [5.74, 6) is 0.0629. The van der Waals surface area contributed by atoms with E-state index in [2.05, 4.69) is 5.32 Å². The maximum absolute atomic E-state index is 12.2. The number of carbonyl (C=O) groups excluding carboxylic acids is 2. The van der Waals surface area contributed by atoms with E-state index in [4.69, 9.17) is 4.74 Å². The minimum Gasteiger partial charge on any atom is -0.376 e. The summed E-state index contributed by atoms with van der Waals surface area (Å²) in [7, 11) is 0. The van der Waals surface area contributed by atoms with Crippen molar-refractivity contribution in [2.24, 2.45) is 0 Å². The van der Waals surface area contributed by atoms with Crippen molar-refractivity contribution >= 4 is 17.5 Å². The van der Waals surface area contributed by atoms with Crippen LogP contribution in [0.1, 0.15) is 42.1 Å². The summed E-state index contributed by atoms with van der Waals surface area (Å²) >= 11 is 0. The molecule has 1 aromatic carbocycles. The Morgan fingerprint density at radius 1 is 1.41 bits per heavy atom. The van der Waals surface area contributed by atoms with Crippen LogP contribution >= 0.6 is 0 Å². The number of anilines is 1. The quantitative estimate of drug-likeness (QED) is 0.924. The first-order chi connectivity index (χ1) is 10.7. The second-order valence-corrected chi connectivity index (χ2v) is 5.84. The summed E-state index contributed by atoms with van der Waals surface area (Å²) < 4.78 is 5.51. The highest BCUT2D eigenvalue weighted by molar-refractivity contribution is 5.98. The van der Waals surface area contributed by atoms with Gasteiger partial charge in [0.15, 0.2) is 0 Å². The molecule has 5 nitrogen and oxygen atoms in total. The molecule has 0 unspecified atom stereocenters. The fraction of sp³-hybridized carbons (Fsp3) is 0.529. The van der Waals surface area contributed by atoms with E-state index in [9.17, 15) is 9.59 Å². The van der Waals surface area contributed by atoms with Gasteiger partial charge in [0.1, 0.15) is 0 Å². The molecule has 0 aliphatic carbocycles. The van der Waals surface area contributed by atoms with Crippen LogP contribution in [0.25, 0.3) is 0 Å². The van der Waals surface area contributed by atoms with Gasteiger partial charge in [0.2, 0.25) is 5.91 Å². The Labute approximate surface area is 130 Å². The Morgan fingerprint density at radius 3 is 3.00 bits per heavy atom. The lowest BCUT2D eigenvalue weighted by atomic mass is 10.1. The van der Waals surface area contributed by atoms with E-state index >= 15 is 0 Å². The number of rotatable bonds is 4. The lowest BCUT2D eigenvalue weighted by Gasteiger charge is -2.16. The molecule has 0 spiro atoms.